The summed E-state index contributed by atoms with van der Waals surface area (Å²) in [6.07, 6.45) is 2.47. The smallest absolute Gasteiger partial charge is 0.145 e. The van der Waals surface area contributed by atoms with E-state index in [9.17, 15) is 0 Å². The number of piperidine rings is 1. The van der Waals surface area contributed by atoms with Crippen molar-refractivity contribution in [2.45, 2.75) is 12.8 Å². The van der Waals surface area contributed by atoms with Crippen molar-refractivity contribution in [1.82, 2.24) is 5.32 Å². The number of hydrogen-bond donors (Lipinski definition) is 2. The molecule has 4 heteroatoms. The predicted octanol–water partition coefficient (Wildman–Crippen LogP) is 1.66. The van der Waals surface area contributed by atoms with E-state index in [1.54, 1.807) is 7.11 Å². The van der Waals surface area contributed by atoms with Gasteiger partial charge < -0.3 is 20.5 Å². The van der Waals surface area contributed by atoms with Crippen LogP contribution >= 0.6 is 0 Å². The van der Waals surface area contributed by atoms with Crippen LogP contribution in [0.3, 0.4) is 0 Å². The highest BCUT2D eigenvalue weighted by atomic mass is 16.5. The Morgan fingerprint density at radius 1 is 1.47 bits per heavy atom. The number of rotatable bonds is 4. The molecule has 0 aromatic heterocycles. The van der Waals surface area contributed by atoms with Gasteiger partial charge in [-0.15, -0.1) is 0 Å². The molecule has 1 heterocycles. The van der Waals surface area contributed by atoms with Gasteiger partial charge in [-0.1, -0.05) is 0 Å². The normalized spacial score (nSPS) is 19.9. The molecule has 0 bridgehead atoms. The van der Waals surface area contributed by atoms with Gasteiger partial charge in [0.15, 0.2) is 0 Å². The van der Waals surface area contributed by atoms with Crippen LogP contribution in [0.15, 0.2) is 18.2 Å². The van der Waals surface area contributed by atoms with Crippen molar-refractivity contribution in [2.75, 3.05) is 32.5 Å². The summed E-state index contributed by atoms with van der Waals surface area (Å²) in [7, 11) is 1.61. The Bertz CT molecular complexity index is 362. The van der Waals surface area contributed by atoms with E-state index in [1.807, 2.05) is 18.2 Å². The standard InChI is InChI=1S/C13H20N2O2/c1-16-13-7-11(4-5-12(13)14)17-9-10-3-2-6-15-8-10/h4-5,7,10,15H,2-3,6,8-9,14H2,1H3. The molecule has 2 rings (SSSR count). The first kappa shape index (κ1) is 12.0. The van der Waals surface area contributed by atoms with Gasteiger partial charge in [0.05, 0.1) is 19.4 Å². The van der Waals surface area contributed by atoms with E-state index in [4.69, 9.17) is 15.2 Å². The lowest BCUT2D eigenvalue weighted by molar-refractivity contribution is 0.218. The van der Waals surface area contributed by atoms with Crippen molar-refractivity contribution < 1.29 is 9.47 Å². The molecule has 1 aromatic rings. The van der Waals surface area contributed by atoms with Crippen molar-refractivity contribution in [3.63, 3.8) is 0 Å². The molecule has 1 aromatic carbocycles. The maximum atomic E-state index is 5.77. The highest BCUT2D eigenvalue weighted by Gasteiger charge is 2.13. The lowest BCUT2D eigenvalue weighted by atomic mass is 10.0. The van der Waals surface area contributed by atoms with Crippen LogP contribution in [-0.4, -0.2) is 26.8 Å². The fourth-order valence-electron chi connectivity index (χ4n) is 2.06. The molecule has 94 valence electrons. The Morgan fingerprint density at radius 2 is 2.35 bits per heavy atom. The fourth-order valence-corrected chi connectivity index (χ4v) is 2.06. The van der Waals surface area contributed by atoms with Gasteiger partial charge in [-0.05, 0) is 31.5 Å². The van der Waals surface area contributed by atoms with E-state index in [2.05, 4.69) is 5.32 Å². The van der Waals surface area contributed by atoms with Crippen molar-refractivity contribution in [2.24, 2.45) is 5.92 Å². The second kappa shape index (κ2) is 5.77. The zero-order chi connectivity index (χ0) is 12.1. The van der Waals surface area contributed by atoms with Crippen LogP contribution in [0.5, 0.6) is 11.5 Å². The molecule has 17 heavy (non-hydrogen) atoms. The molecule has 0 saturated carbocycles. The molecule has 3 N–H and O–H groups in total. The molecule has 1 fully saturated rings. The van der Waals surface area contributed by atoms with Crippen LogP contribution in [0.2, 0.25) is 0 Å². The largest absolute Gasteiger partial charge is 0.494 e. The van der Waals surface area contributed by atoms with Crippen LogP contribution in [0.1, 0.15) is 12.8 Å². The molecule has 0 amide bonds. The number of anilines is 1. The second-order valence-corrected chi connectivity index (χ2v) is 4.43. The topological polar surface area (TPSA) is 56.5 Å². The van der Waals surface area contributed by atoms with E-state index in [-0.39, 0.29) is 0 Å². The first-order chi connectivity index (χ1) is 8.29. The summed E-state index contributed by atoms with van der Waals surface area (Å²) in [5.74, 6) is 2.10. The third-order valence-electron chi connectivity index (χ3n) is 3.09. The molecule has 1 atom stereocenters. The Labute approximate surface area is 102 Å². The third kappa shape index (κ3) is 3.27. The molecule has 4 nitrogen and oxygen atoms in total. The van der Waals surface area contributed by atoms with Crippen molar-refractivity contribution in [3.8, 4) is 11.5 Å². The van der Waals surface area contributed by atoms with Gasteiger partial charge in [0.1, 0.15) is 11.5 Å². The first-order valence-electron chi connectivity index (χ1n) is 6.06. The third-order valence-corrected chi connectivity index (χ3v) is 3.09. The summed E-state index contributed by atoms with van der Waals surface area (Å²) < 4.78 is 10.9. The number of hydrogen-bond acceptors (Lipinski definition) is 4. The zero-order valence-corrected chi connectivity index (χ0v) is 10.2. The average molecular weight is 236 g/mol. The Balaban J connectivity index is 1.89. The van der Waals surface area contributed by atoms with Crippen LogP contribution in [0, 0.1) is 5.92 Å². The Morgan fingerprint density at radius 3 is 3.06 bits per heavy atom. The lowest BCUT2D eigenvalue weighted by Crippen LogP contribution is -2.33. The van der Waals surface area contributed by atoms with Crippen LogP contribution in [-0.2, 0) is 0 Å². The molecule has 0 radical (unpaired) electrons. The van der Waals surface area contributed by atoms with Gasteiger partial charge in [-0.3, -0.25) is 0 Å². The van der Waals surface area contributed by atoms with E-state index < -0.39 is 0 Å². The predicted molar refractivity (Wildman–Crippen MR) is 68.5 cm³/mol. The summed E-state index contributed by atoms with van der Waals surface area (Å²) in [5.41, 5.74) is 6.39. The number of nitrogen functional groups attached to an aromatic ring is 1. The van der Waals surface area contributed by atoms with Crippen LogP contribution in [0.4, 0.5) is 5.69 Å². The average Bonchev–Trinajstić information content (AvgIpc) is 2.39. The number of nitrogens with two attached hydrogens (primary N) is 1. The SMILES string of the molecule is COc1cc(OCC2CCCNC2)ccc1N. The lowest BCUT2D eigenvalue weighted by Gasteiger charge is -2.22. The zero-order valence-electron chi connectivity index (χ0n) is 10.2. The van der Waals surface area contributed by atoms with Crippen molar-refractivity contribution >= 4 is 5.69 Å². The minimum absolute atomic E-state index is 0.604. The number of benzene rings is 1. The molecule has 1 aliphatic rings. The summed E-state index contributed by atoms with van der Waals surface area (Å²) in [5, 5.41) is 3.38. The fraction of sp³-hybridized carbons (Fsp3) is 0.538. The van der Waals surface area contributed by atoms with Crippen molar-refractivity contribution in [1.29, 1.82) is 0 Å². The summed E-state index contributed by atoms with van der Waals surface area (Å²) in [6, 6.07) is 5.53. The monoisotopic (exact) mass is 236 g/mol. The Hall–Kier alpha value is -1.42. The first-order valence-corrected chi connectivity index (χ1v) is 6.06. The maximum Gasteiger partial charge on any atom is 0.145 e. The van der Waals surface area contributed by atoms with E-state index in [1.165, 1.54) is 12.8 Å². The van der Waals surface area contributed by atoms with Gasteiger partial charge in [0.25, 0.3) is 0 Å². The quantitative estimate of drug-likeness (QED) is 0.781. The molecule has 1 aliphatic heterocycles. The number of ether oxygens (including phenoxy) is 2. The minimum atomic E-state index is 0.604. The van der Waals surface area contributed by atoms with Gasteiger partial charge in [0.2, 0.25) is 0 Å². The second-order valence-electron chi connectivity index (χ2n) is 4.43. The van der Waals surface area contributed by atoms with Gasteiger partial charge in [-0.25, -0.2) is 0 Å². The number of methoxy groups -OCH3 is 1. The maximum absolute atomic E-state index is 5.77. The van der Waals surface area contributed by atoms with Crippen LogP contribution in [0.25, 0.3) is 0 Å². The van der Waals surface area contributed by atoms with Gasteiger partial charge >= 0.3 is 0 Å². The summed E-state index contributed by atoms with van der Waals surface area (Å²) in [4.78, 5) is 0. The van der Waals surface area contributed by atoms with E-state index in [0.29, 0.717) is 17.4 Å². The molecular formula is C13H20N2O2. The molecule has 0 aliphatic carbocycles. The number of nitrogens with one attached hydrogen (secondary N) is 1. The molecular weight excluding hydrogens is 216 g/mol. The van der Waals surface area contributed by atoms with Gasteiger partial charge in [-0.2, -0.15) is 0 Å². The molecule has 1 unspecified atom stereocenters. The molecule has 1 saturated heterocycles. The van der Waals surface area contributed by atoms with E-state index >= 15 is 0 Å². The van der Waals surface area contributed by atoms with Crippen molar-refractivity contribution in [3.05, 3.63) is 18.2 Å². The Kier molecular flexibility index (Phi) is 4.09. The van der Waals surface area contributed by atoms with E-state index in [0.717, 1.165) is 25.4 Å². The highest BCUT2D eigenvalue weighted by molar-refractivity contribution is 5.55. The van der Waals surface area contributed by atoms with Crippen LogP contribution < -0.4 is 20.5 Å². The highest BCUT2D eigenvalue weighted by Crippen LogP contribution is 2.26. The summed E-state index contributed by atoms with van der Waals surface area (Å²) >= 11 is 0. The van der Waals surface area contributed by atoms with Gasteiger partial charge in [0, 0.05) is 18.5 Å². The molecule has 0 spiro atoms. The minimum Gasteiger partial charge on any atom is -0.494 e. The summed E-state index contributed by atoms with van der Waals surface area (Å²) in [6.45, 7) is 2.93.